The van der Waals surface area contributed by atoms with Crippen molar-refractivity contribution in [3.05, 3.63) is 0 Å². The topological polar surface area (TPSA) is 0 Å². The standard InChI is InChI=1S/C10H23B/c1-9(2)7-5-6-8-11-10(3)4/h9-11H,5-8H2,1-4H3. The number of hydrogen-bond acceptors (Lipinski definition) is 0. The molecule has 0 unspecified atom stereocenters. The second kappa shape index (κ2) is 6.76. The highest BCUT2D eigenvalue weighted by Gasteiger charge is 1.97. The normalized spacial score (nSPS) is 11.1. The Morgan fingerprint density at radius 2 is 1.64 bits per heavy atom. The SMILES string of the molecule is CC(C)BCCCCC(C)C. The molecular weight excluding hydrogens is 131 g/mol. The first-order valence-electron chi connectivity index (χ1n) is 5.13. The minimum atomic E-state index is 0.897. The van der Waals surface area contributed by atoms with E-state index in [0.717, 1.165) is 11.7 Å². The maximum atomic E-state index is 2.31. The second-order valence-corrected chi connectivity index (χ2v) is 4.43. The van der Waals surface area contributed by atoms with E-state index in [1.165, 1.54) is 32.9 Å². The molecule has 0 bridgehead atoms. The Labute approximate surface area is 73.0 Å². The van der Waals surface area contributed by atoms with Crippen LogP contribution in [0.5, 0.6) is 0 Å². The van der Waals surface area contributed by atoms with Crippen molar-refractivity contribution in [2.24, 2.45) is 5.92 Å². The van der Waals surface area contributed by atoms with Gasteiger partial charge in [0.15, 0.2) is 0 Å². The Hall–Kier alpha value is 0.0649. The van der Waals surface area contributed by atoms with E-state index >= 15 is 0 Å². The van der Waals surface area contributed by atoms with Crippen LogP contribution in [0.4, 0.5) is 0 Å². The van der Waals surface area contributed by atoms with Gasteiger partial charge in [0, 0.05) is 0 Å². The van der Waals surface area contributed by atoms with Gasteiger partial charge >= 0.3 is 0 Å². The van der Waals surface area contributed by atoms with E-state index in [4.69, 9.17) is 0 Å². The van der Waals surface area contributed by atoms with Crippen molar-refractivity contribution >= 4 is 7.28 Å². The van der Waals surface area contributed by atoms with E-state index in [1.54, 1.807) is 0 Å². The molecule has 0 rings (SSSR count). The van der Waals surface area contributed by atoms with Gasteiger partial charge in [0.2, 0.25) is 0 Å². The molecule has 0 aliphatic carbocycles. The van der Waals surface area contributed by atoms with Gasteiger partial charge in [0.25, 0.3) is 0 Å². The van der Waals surface area contributed by atoms with Crippen molar-refractivity contribution in [2.45, 2.75) is 59.1 Å². The van der Waals surface area contributed by atoms with Crippen LogP contribution in [0.2, 0.25) is 12.1 Å². The van der Waals surface area contributed by atoms with Crippen molar-refractivity contribution in [2.75, 3.05) is 0 Å². The molecule has 0 spiro atoms. The highest BCUT2D eigenvalue weighted by atomic mass is 14.0. The summed E-state index contributed by atoms with van der Waals surface area (Å²) in [6.45, 7) is 9.23. The van der Waals surface area contributed by atoms with Crippen LogP contribution in [0, 0.1) is 5.92 Å². The summed E-state index contributed by atoms with van der Waals surface area (Å²) < 4.78 is 0. The molecule has 0 nitrogen and oxygen atoms in total. The van der Waals surface area contributed by atoms with E-state index in [0.29, 0.717) is 0 Å². The smallest absolute Gasteiger partial charge is 0.0772 e. The maximum Gasteiger partial charge on any atom is 0.123 e. The average Bonchev–Trinajstić information content (AvgIpc) is 1.85. The van der Waals surface area contributed by atoms with E-state index in [1.807, 2.05) is 0 Å². The minimum absolute atomic E-state index is 0.897. The van der Waals surface area contributed by atoms with Crippen LogP contribution in [0.3, 0.4) is 0 Å². The van der Waals surface area contributed by atoms with Crippen LogP contribution < -0.4 is 0 Å². The van der Waals surface area contributed by atoms with Gasteiger partial charge in [-0.25, -0.2) is 0 Å². The molecular formula is C10H23B. The summed E-state index contributed by atoms with van der Waals surface area (Å²) in [5.74, 6) is 1.79. The largest absolute Gasteiger partial charge is 0.123 e. The molecule has 66 valence electrons. The molecule has 0 aliphatic heterocycles. The molecule has 0 aromatic rings. The van der Waals surface area contributed by atoms with E-state index in [-0.39, 0.29) is 0 Å². The molecule has 0 aromatic carbocycles. The Morgan fingerprint density at radius 1 is 1.00 bits per heavy atom. The summed E-state index contributed by atoms with van der Waals surface area (Å²) in [5, 5.41) is 0. The second-order valence-electron chi connectivity index (χ2n) is 4.43. The minimum Gasteiger partial charge on any atom is -0.0772 e. The molecule has 1 heteroatoms. The lowest BCUT2D eigenvalue weighted by atomic mass is 9.62. The summed E-state index contributed by atoms with van der Waals surface area (Å²) in [4.78, 5) is 0. The number of rotatable bonds is 6. The summed E-state index contributed by atoms with van der Waals surface area (Å²) in [5.41, 5.74) is 0. The lowest BCUT2D eigenvalue weighted by molar-refractivity contribution is 0.549. The fourth-order valence-electron chi connectivity index (χ4n) is 1.28. The first-order chi connectivity index (χ1) is 5.13. The van der Waals surface area contributed by atoms with Crippen LogP contribution in [-0.2, 0) is 0 Å². The zero-order valence-corrected chi connectivity index (χ0v) is 8.69. The molecule has 0 N–H and O–H groups in total. The fourth-order valence-corrected chi connectivity index (χ4v) is 1.28. The number of hydrogen-bond donors (Lipinski definition) is 0. The molecule has 0 aromatic heterocycles. The first kappa shape index (κ1) is 11.1. The van der Waals surface area contributed by atoms with Crippen LogP contribution in [0.1, 0.15) is 47.0 Å². The van der Waals surface area contributed by atoms with Crippen molar-refractivity contribution in [3.8, 4) is 0 Å². The predicted octanol–water partition coefficient (Wildman–Crippen LogP) is 3.50. The Balaban J connectivity index is 2.91. The van der Waals surface area contributed by atoms with Crippen molar-refractivity contribution < 1.29 is 0 Å². The van der Waals surface area contributed by atoms with E-state index in [9.17, 15) is 0 Å². The summed E-state index contributed by atoms with van der Waals surface area (Å²) >= 11 is 0. The van der Waals surface area contributed by atoms with Gasteiger partial charge in [-0.1, -0.05) is 59.1 Å². The lowest BCUT2D eigenvalue weighted by Crippen LogP contribution is -1.95. The van der Waals surface area contributed by atoms with Crippen LogP contribution in [0.15, 0.2) is 0 Å². The van der Waals surface area contributed by atoms with Gasteiger partial charge in [0.1, 0.15) is 7.28 Å². The fraction of sp³-hybridized carbons (Fsp3) is 1.00. The Morgan fingerprint density at radius 3 is 2.09 bits per heavy atom. The highest BCUT2D eigenvalue weighted by Crippen LogP contribution is 2.10. The molecule has 0 aliphatic rings. The predicted molar refractivity (Wildman–Crippen MR) is 55.7 cm³/mol. The highest BCUT2D eigenvalue weighted by molar-refractivity contribution is 6.37. The van der Waals surface area contributed by atoms with Gasteiger partial charge in [0.05, 0.1) is 0 Å². The molecule has 0 heterocycles. The monoisotopic (exact) mass is 154 g/mol. The zero-order valence-electron chi connectivity index (χ0n) is 8.69. The lowest BCUT2D eigenvalue weighted by Gasteiger charge is -2.04. The van der Waals surface area contributed by atoms with Gasteiger partial charge in [-0.2, -0.15) is 0 Å². The zero-order chi connectivity index (χ0) is 8.69. The van der Waals surface area contributed by atoms with Crippen molar-refractivity contribution in [3.63, 3.8) is 0 Å². The molecule has 0 fully saturated rings. The first-order valence-corrected chi connectivity index (χ1v) is 5.13. The summed E-state index contributed by atoms with van der Waals surface area (Å²) in [6, 6.07) is 0. The number of unbranched alkanes of at least 4 members (excludes halogenated alkanes) is 1. The third-order valence-electron chi connectivity index (χ3n) is 2.06. The summed E-state index contributed by atoms with van der Waals surface area (Å²) in [6.07, 6.45) is 5.73. The summed E-state index contributed by atoms with van der Waals surface area (Å²) in [7, 11) is 1.41. The average molecular weight is 154 g/mol. The molecule has 0 saturated carbocycles. The molecule has 0 atom stereocenters. The van der Waals surface area contributed by atoms with Crippen LogP contribution >= 0.6 is 0 Å². The molecule has 0 radical (unpaired) electrons. The van der Waals surface area contributed by atoms with E-state index < -0.39 is 0 Å². The van der Waals surface area contributed by atoms with Crippen LogP contribution in [0.25, 0.3) is 0 Å². The van der Waals surface area contributed by atoms with Gasteiger partial charge in [-0.3, -0.25) is 0 Å². The van der Waals surface area contributed by atoms with Crippen molar-refractivity contribution in [1.82, 2.24) is 0 Å². The molecule has 11 heavy (non-hydrogen) atoms. The van der Waals surface area contributed by atoms with Gasteiger partial charge in [-0.15, -0.1) is 0 Å². The van der Waals surface area contributed by atoms with Gasteiger partial charge < -0.3 is 0 Å². The molecule has 0 saturated heterocycles. The quantitative estimate of drug-likeness (QED) is 0.405. The third kappa shape index (κ3) is 10.1. The van der Waals surface area contributed by atoms with E-state index in [2.05, 4.69) is 27.7 Å². The Bertz CT molecular complexity index is 66.9. The maximum absolute atomic E-state index is 2.31. The van der Waals surface area contributed by atoms with Crippen LogP contribution in [-0.4, -0.2) is 7.28 Å². The Kier molecular flexibility index (Phi) is 6.80. The third-order valence-corrected chi connectivity index (χ3v) is 2.06. The van der Waals surface area contributed by atoms with Crippen molar-refractivity contribution in [1.29, 1.82) is 0 Å². The molecule has 0 amide bonds. The van der Waals surface area contributed by atoms with Gasteiger partial charge in [-0.05, 0) is 5.92 Å².